The molecule has 0 saturated heterocycles. The topological polar surface area (TPSA) is 70.6 Å². The highest BCUT2D eigenvalue weighted by molar-refractivity contribution is 6.39. The van der Waals surface area contributed by atoms with Crippen LogP contribution in [0.1, 0.15) is 5.56 Å². The number of anilines is 1. The largest absolute Gasteiger partial charge is 0.329 e. The standard InChI is InChI=1S/C21H16FN3O2/c22-17-12-10-15(11-13-17)14-23-25-21(27)20(26)24-19-9-5-4-8-18(19)16-6-2-1-3-7-16/h1-14H,(H,24,26)(H,25,27)/b23-14+. The number of nitrogens with one attached hydrogen (secondary N) is 2. The van der Waals surface area contributed by atoms with Gasteiger partial charge in [0.2, 0.25) is 0 Å². The van der Waals surface area contributed by atoms with Crippen LogP contribution in [0.3, 0.4) is 0 Å². The minimum atomic E-state index is -0.906. The van der Waals surface area contributed by atoms with Crippen LogP contribution in [0.4, 0.5) is 10.1 Å². The molecule has 0 aliphatic carbocycles. The number of hydrazone groups is 1. The zero-order valence-electron chi connectivity index (χ0n) is 14.2. The van der Waals surface area contributed by atoms with Gasteiger partial charge in [-0.25, -0.2) is 9.82 Å². The average molecular weight is 361 g/mol. The Morgan fingerprint density at radius 2 is 1.48 bits per heavy atom. The first-order valence-corrected chi connectivity index (χ1v) is 8.18. The maximum absolute atomic E-state index is 12.8. The van der Waals surface area contributed by atoms with Crippen molar-refractivity contribution in [1.82, 2.24) is 5.43 Å². The van der Waals surface area contributed by atoms with Crippen LogP contribution in [0, 0.1) is 5.82 Å². The lowest BCUT2D eigenvalue weighted by atomic mass is 10.0. The molecule has 0 fully saturated rings. The quantitative estimate of drug-likeness (QED) is 0.424. The molecule has 0 aliphatic rings. The van der Waals surface area contributed by atoms with E-state index in [1.54, 1.807) is 12.1 Å². The Morgan fingerprint density at radius 3 is 2.22 bits per heavy atom. The smallest absolute Gasteiger partial charge is 0.317 e. The molecule has 2 N–H and O–H groups in total. The van der Waals surface area contributed by atoms with Gasteiger partial charge in [0.25, 0.3) is 0 Å². The Hall–Kier alpha value is -3.80. The highest BCUT2D eigenvalue weighted by Crippen LogP contribution is 2.27. The van der Waals surface area contributed by atoms with Gasteiger partial charge in [-0.1, -0.05) is 60.7 Å². The molecule has 0 radical (unpaired) electrons. The van der Waals surface area contributed by atoms with Crippen LogP contribution in [0.25, 0.3) is 11.1 Å². The van der Waals surface area contributed by atoms with E-state index >= 15 is 0 Å². The second-order valence-electron chi connectivity index (χ2n) is 5.62. The van der Waals surface area contributed by atoms with E-state index in [4.69, 9.17) is 0 Å². The summed E-state index contributed by atoms with van der Waals surface area (Å²) in [6.45, 7) is 0. The Labute approximate surface area is 155 Å². The SMILES string of the molecule is O=C(N/N=C/c1ccc(F)cc1)C(=O)Nc1ccccc1-c1ccccc1. The monoisotopic (exact) mass is 361 g/mol. The molecule has 3 aromatic rings. The lowest BCUT2D eigenvalue weighted by Gasteiger charge is -2.10. The van der Waals surface area contributed by atoms with Gasteiger partial charge in [-0.3, -0.25) is 9.59 Å². The third kappa shape index (κ3) is 4.85. The molecule has 3 aromatic carbocycles. The Balaban J connectivity index is 1.65. The van der Waals surface area contributed by atoms with E-state index in [1.807, 2.05) is 42.5 Å². The summed E-state index contributed by atoms with van der Waals surface area (Å²) < 4.78 is 12.8. The molecule has 0 aromatic heterocycles. The summed E-state index contributed by atoms with van der Waals surface area (Å²) in [6, 6.07) is 22.3. The zero-order valence-corrected chi connectivity index (χ0v) is 14.2. The van der Waals surface area contributed by atoms with Crippen molar-refractivity contribution < 1.29 is 14.0 Å². The first-order chi connectivity index (χ1) is 13.1. The fourth-order valence-electron chi connectivity index (χ4n) is 2.41. The van der Waals surface area contributed by atoms with Crippen molar-refractivity contribution in [1.29, 1.82) is 0 Å². The molecule has 0 atom stereocenters. The lowest BCUT2D eigenvalue weighted by molar-refractivity contribution is -0.136. The van der Waals surface area contributed by atoms with Crippen LogP contribution in [0.15, 0.2) is 84.0 Å². The number of rotatable bonds is 4. The van der Waals surface area contributed by atoms with E-state index in [2.05, 4.69) is 15.8 Å². The molecule has 0 saturated carbocycles. The molecular weight excluding hydrogens is 345 g/mol. The van der Waals surface area contributed by atoms with Crippen molar-refractivity contribution in [2.45, 2.75) is 0 Å². The number of hydrogen-bond donors (Lipinski definition) is 2. The minimum Gasteiger partial charge on any atom is -0.317 e. The van der Waals surface area contributed by atoms with Crippen molar-refractivity contribution in [3.05, 3.63) is 90.2 Å². The number of amides is 2. The normalized spacial score (nSPS) is 10.6. The summed E-state index contributed by atoms with van der Waals surface area (Å²) in [5.74, 6) is -2.11. The summed E-state index contributed by atoms with van der Waals surface area (Å²) in [5.41, 5.74) is 4.98. The number of nitrogens with zero attached hydrogens (tertiary/aromatic N) is 1. The number of benzene rings is 3. The Morgan fingerprint density at radius 1 is 0.815 bits per heavy atom. The summed E-state index contributed by atoms with van der Waals surface area (Å²) in [6.07, 6.45) is 1.32. The number of halogens is 1. The average Bonchev–Trinajstić information content (AvgIpc) is 2.70. The summed E-state index contributed by atoms with van der Waals surface area (Å²) >= 11 is 0. The molecule has 0 heterocycles. The van der Waals surface area contributed by atoms with Gasteiger partial charge in [0.05, 0.1) is 6.21 Å². The van der Waals surface area contributed by atoms with Crippen LogP contribution in [0.5, 0.6) is 0 Å². The molecule has 2 amide bonds. The lowest BCUT2D eigenvalue weighted by Crippen LogP contribution is -2.32. The van der Waals surface area contributed by atoms with Crippen LogP contribution < -0.4 is 10.7 Å². The Bertz CT molecular complexity index is 970. The zero-order chi connectivity index (χ0) is 19.1. The van der Waals surface area contributed by atoms with Gasteiger partial charge in [0.1, 0.15) is 5.82 Å². The molecule has 0 bridgehead atoms. The molecule has 134 valence electrons. The molecule has 3 rings (SSSR count). The molecule has 0 unspecified atom stereocenters. The second kappa shape index (κ2) is 8.53. The van der Waals surface area contributed by atoms with Gasteiger partial charge in [-0.15, -0.1) is 0 Å². The van der Waals surface area contributed by atoms with E-state index in [1.165, 1.54) is 30.5 Å². The van der Waals surface area contributed by atoms with E-state index in [0.29, 0.717) is 11.3 Å². The first kappa shape index (κ1) is 18.0. The van der Waals surface area contributed by atoms with Crippen molar-refractivity contribution in [3.63, 3.8) is 0 Å². The molecular formula is C21H16FN3O2. The van der Waals surface area contributed by atoms with Crippen molar-refractivity contribution in [2.24, 2.45) is 5.10 Å². The van der Waals surface area contributed by atoms with E-state index in [9.17, 15) is 14.0 Å². The highest BCUT2D eigenvalue weighted by atomic mass is 19.1. The predicted octanol–water partition coefficient (Wildman–Crippen LogP) is 3.58. The van der Waals surface area contributed by atoms with E-state index in [0.717, 1.165) is 11.1 Å². The summed E-state index contributed by atoms with van der Waals surface area (Å²) in [4.78, 5) is 24.1. The maximum Gasteiger partial charge on any atom is 0.329 e. The Kier molecular flexibility index (Phi) is 5.69. The third-order valence-corrected chi connectivity index (χ3v) is 3.72. The predicted molar refractivity (Wildman–Crippen MR) is 103 cm³/mol. The molecule has 27 heavy (non-hydrogen) atoms. The van der Waals surface area contributed by atoms with Gasteiger partial charge < -0.3 is 5.32 Å². The van der Waals surface area contributed by atoms with E-state index in [-0.39, 0.29) is 5.82 Å². The molecule has 5 nitrogen and oxygen atoms in total. The van der Waals surface area contributed by atoms with Gasteiger partial charge >= 0.3 is 11.8 Å². The van der Waals surface area contributed by atoms with Gasteiger partial charge in [0.15, 0.2) is 0 Å². The number of para-hydroxylation sites is 1. The second-order valence-corrected chi connectivity index (χ2v) is 5.62. The molecule has 0 aliphatic heterocycles. The summed E-state index contributed by atoms with van der Waals surface area (Å²) in [7, 11) is 0. The maximum atomic E-state index is 12.8. The van der Waals surface area contributed by atoms with Gasteiger partial charge in [0, 0.05) is 11.3 Å². The fraction of sp³-hybridized carbons (Fsp3) is 0. The van der Waals surface area contributed by atoms with Gasteiger partial charge in [-0.05, 0) is 29.3 Å². The van der Waals surface area contributed by atoms with E-state index < -0.39 is 11.8 Å². The fourth-order valence-corrected chi connectivity index (χ4v) is 2.41. The molecule has 6 heteroatoms. The van der Waals surface area contributed by atoms with Crippen molar-refractivity contribution in [2.75, 3.05) is 5.32 Å². The van der Waals surface area contributed by atoms with Gasteiger partial charge in [-0.2, -0.15) is 5.10 Å². The number of hydrogen-bond acceptors (Lipinski definition) is 3. The van der Waals surface area contributed by atoms with Crippen LogP contribution in [-0.4, -0.2) is 18.0 Å². The van der Waals surface area contributed by atoms with Crippen molar-refractivity contribution >= 4 is 23.7 Å². The number of carbonyl (C=O) groups excluding carboxylic acids is 2. The first-order valence-electron chi connectivity index (χ1n) is 8.18. The number of carbonyl (C=O) groups is 2. The summed E-state index contributed by atoms with van der Waals surface area (Å²) in [5, 5.41) is 6.30. The van der Waals surface area contributed by atoms with Crippen molar-refractivity contribution in [3.8, 4) is 11.1 Å². The van der Waals surface area contributed by atoms with Crippen LogP contribution in [-0.2, 0) is 9.59 Å². The van der Waals surface area contributed by atoms with Crippen LogP contribution >= 0.6 is 0 Å². The van der Waals surface area contributed by atoms with Crippen LogP contribution in [0.2, 0.25) is 0 Å². The highest BCUT2D eigenvalue weighted by Gasteiger charge is 2.15. The molecule has 0 spiro atoms. The minimum absolute atomic E-state index is 0.368. The third-order valence-electron chi connectivity index (χ3n) is 3.72.